The van der Waals surface area contributed by atoms with Crippen LogP contribution < -0.4 is 5.32 Å². The minimum absolute atomic E-state index is 0.127. The fourth-order valence-corrected chi connectivity index (χ4v) is 1.62. The molecular weight excluding hydrogens is 190 g/mol. The van der Waals surface area contributed by atoms with Crippen molar-refractivity contribution >= 4 is 5.69 Å². The lowest BCUT2D eigenvalue weighted by atomic mass is 10.0. The molecule has 1 unspecified atom stereocenters. The first kappa shape index (κ1) is 12.0. The zero-order valence-electron chi connectivity index (χ0n) is 9.77. The van der Waals surface area contributed by atoms with E-state index in [9.17, 15) is 0 Å². The number of hydrogen-bond acceptors (Lipinski definition) is 3. The topological polar surface area (TPSA) is 50.1 Å². The molecule has 0 bridgehead atoms. The highest BCUT2D eigenvalue weighted by Gasteiger charge is 2.11. The SMILES string of the molecule is CCC(Nc1cnn(CCO)c1)C(C)C. The van der Waals surface area contributed by atoms with Crippen molar-refractivity contribution in [2.24, 2.45) is 5.92 Å². The van der Waals surface area contributed by atoms with Crippen molar-refractivity contribution in [3.8, 4) is 0 Å². The predicted octanol–water partition coefficient (Wildman–Crippen LogP) is 1.72. The Hall–Kier alpha value is -1.03. The summed E-state index contributed by atoms with van der Waals surface area (Å²) >= 11 is 0. The standard InChI is InChI=1S/C11H21N3O/c1-4-11(9(2)3)13-10-7-12-14(8-10)5-6-15/h7-9,11,13,15H,4-6H2,1-3H3. The van der Waals surface area contributed by atoms with Gasteiger partial charge in [0.25, 0.3) is 0 Å². The molecule has 0 saturated carbocycles. The first-order chi connectivity index (χ1) is 7.17. The first-order valence-corrected chi connectivity index (χ1v) is 5.57. The van der Waals surface area contributed by atoms with Crippen LogP contribution in [0.2, 0.25) is 0 Å². The smallest absolute Gasteiger partial charge is 0.0728 e. The van der Waals surface area contributed by atoms with E-state index in [0.29, 0.717) is 18.5 Å². The van der Waals surface area contributed by atoms with Gasteiger partial charge in [-0.25, -0.2) is 0 Å². The molecule has 1 rings (SSSR count). The molecule has 1 heterocycles. The molecule has 0 radical (unpaired) electrons. The van der Waals surface area contributed by atoms with Crippen LogP contribution in [0.1, 0.15) is 27.2 Å². The molecule has 1 aromatic rings. The summed E-state index contributed by atoms with van der Waals surface area (Å²) in [5.41, 5.74) is 1.03. The maximum atomic E-state index is 8.76. The van der Waals surface area contributed by atoms with E-state index in [1.165, 1.54) is 0 Å². The number of anilines is 1. The fraction of sp³-hybridized carbons (Fsp3) is 0.727. The Labute approximate surface area is 91.3 Å². The van der Waals surface area contributed by atoms with Crippen molar-refractivity contribution in [1.82, 2.24) is 9.78 Å². The van der Waals surface area contributed by atoms with Gasteiger partial charge in [0.1, 0.15) is 0 Å². The van der Waals surface area contributed by atoms with Crippen LogP contribution in [-0.4, -0.2) is 27.5 Å². The lowest BCUT2D eigenvalue weighted by molar-refractivity contribution is 0.269. The van der Waals surface area contributed by atoms with Gasteiger partial charge in [0.15, 0.2) is 0 Å². The number of hydrogen-bond donors (Lipinski definition) is 2. The lowest BCUT2D eigenvalue weighted by Crippen LogP contribution is -2.24. The van der Waals surface area contributed by atoms with Crippen LogP contribution in [-0.2, 0) is 6.54 Å². The minimum atomic E-state index is 0.127. The van der Waals surface area contributed by atoms with Gasteiger partial charge in [-0.3, -0.25) is 4.68 Å². The van der Waals surface area contributed by atoms with Crippen LogP contribution in [0, 0.1) is 5.92 Å². The van der Waals surface area contributed by atoms with Crippen molar-refractivity contribution in [2.45, 2.75) is 39.8 Å². The van der Waals surface area contributed by atoms with Crippen molar-refractivity contribution in [3.63, 3.8) is 0 Å². The van der Waals surface area contributed by atoms with Crippen LogP contribution in [0.3, 0.4) is 0 Å². The van der Waals surface area contributed by atoms with E-state index in [-0.39, 0.29) is 6.61 Å². The van der Waals surface area contributed by atoms with Crippen molar-refractivity contribution in [2.75, 3.05) is 11.9 Å². The second-order valence-electron chi connectivity index (χ2n) is 4.12. The summed E-state index contributed by atoms with van der Waals surface area (Å²) in [6, 6.07) is 0.483. The zero-order valence-corrected chi connectivity index (χ0v) is 9.77. The average Bonchev–Trinajstić information content (AvgIpc) is 2.62. The normalized spacial score (nSPS) is 13.1. The zero-order chi connectivity index (χ0) is 11.3. The van der Waals surface area contributed by atoms with Crippen LogP contribution in [0.15, 0.2) is 12.4 Å². The molecular formula is C11H21N3O. The molecule has 4 heteroatoms. The number of aromatic nitrogens is 2. The number of nitrogens with one attached hydrogen (secondary N) is 1. The summed E-state index contributed by atoms with van der Waals surface area (Å²) in [4.78, 5) is 0. The molecule has 15 heavy (non-hydrogen) atoms. The Morgan fingerprint density at radius 1 is 1.53 bits per heavy atom. The molecule has 86 valence electrons. The Bertz CT molecular complexity index is 283. The van der Waals surface area contributed by atoms with Gasteiger partial charge >= 0.3 is 0 Å². The minimum Gasteiger partial charge on any atom is -0.394 e. The van der Waals surface area contributed by atoms with Crippen molar-refractivity contribution in [1.29, 1.82) is 0 Å². The van der Waals surface area contributed by atoms with Crippen LogP contribution in [0.5, 0.6) is 0 Å². The number of aliphatic hydroxyl groups is 1. The monoisotopic (exact) mass is 211 g/mol. The van der Waals surface area contributed by atoms with Gasteiger partial charge in [-0.1, -0.05) is 20.8 Å². The quantitative estimate of drug-likeness (QED) is 0.753. The molecule has 0 aliphatic heterocycles. The number of aliphatic hydroxyl groups excluding tert-OH is 1. The van der Waals surface area contributed by atoms with Crippen LogP contribution >= 0.6 is 0 Å². The first-order valence-electron chi connectivity index (χ1n) is 5.57. The number of rotatable bonds is 6. The van der Waals surface area contributed by atoms with E-state index in [1.807, 2.05) is 6.20 Å². The van der Waals surface area contributed by atoms with E-state index < -0.39 is 0 Å². The second-order valence-corrected chi connectivity index (χ2v) is 4.12. The molecule has 1 atom stereocenters. The highest BCUT2D eigenvalue weighted by Crippen LogP contribution is 2.14. The highest BCUT2D eigenvalue weighted by atomic mass is 16.3. The molecule has 0 spiro atoms. The largest absolute Gasteiger partial charge is 0.394 e. The third-order valence-corrected chi connectivity index (χ3v) is 2.56. The Balaban J connectivity index is 2.55. The third-order valence-electron chi connectivity index (χ3n) is 2.56. The summed E-state index contributed by atoms with van der Waals surface area (Å²) in [6.45, 7) is 7.27. The second kappa shape index (κ2) is 5.75. The highest BCUT2D eigenvalue weighted by molar-refractivity contribution is 5.39. The van der Waals surface area contributed by atoms with Gasteiger partial charge in [-0.05, 0) is 12.3 Å². The molecule has 1 aromatic heterocycles. The maximum Gasteiger partial charge on any atom is 0.0728 e. The van der Waals surface area contributed by atoms with Gasteiger partial charge in [-0.2, -0.15) is 5.10 Å². The van der Waals surface area contributed by atoms with Crippen LogP contribution in [0.4, 0.5) is 5.69 Å². The van der Waals surface area contributed by atoms with Gasteiger partial charge in [-0.15, -0.1) is 0 Å². The van der Waals surface area contributed by atoms with Gasteiger partial charge in [0.2, 0.25) is 0 Å². The molecule has 0 aliphatic rings. The molecule has 0 aromatic carbocycles. The molecule has 0 saturated heterocycles. The lowest BCUT2D eigenvalue weighted by Gasteiger charge is -2.20. The molecule has 2 N–H and O–H groups in total. The Morgan fingerprint density at radius 2 is 2.27 bits per heavy atom. The Kier molecular flexibility index (Phi) is 4.62. The summed E-state index contributed by atoms with van der Waals surface area (Å²) in [5, 5.41) is 16.4. The van der Waals surface area contributed by atoms with E-state index in [4.69, 9.17) is 5.11 Å². The average molecular weight is 211 g/mol. The molecule has 0 amide bonds. The predicted molar refractivity (Wildman–Crippen MR) is 61.9 cm³/mol. The summed E-state index contributed by atoms with van der Waals surface area (Å²) in [5.74, 6) is 0.608. The van der Waals surface area contributed by atoms with Crippen LogP contribution in [0.25, 0.3) is 0 Å². The Morgan fingerprint density at radius 3 is 2.80 bits per heavy atom. The third kappa shape index (κ3) is 3.55. The van der Waals surface area contributed by atoms with E-state index in [2.05, 4.69) is 31.2 Å². The molecule has 4 nitrogen and oxygen atoms in total. The maximum absolute atomic E-state index is 8.76. The van der Waals surface area contributed by atoms with Crippen molar-refractivity contribution < 1.29 is 5.11 Å². The summed E-state index contributed by atoms with van der Waals surface area (Å²) in [7, 11) is 0. The van der Waals surface area contributed by atoms with E-state index in [1.54, 1.807) is 10.9 Å². The van der Waals surface area contributed by atoms with E-state index in [0.717, 1.165) is 12.1 Å². The van der Waals surface area contributed by atoms with Gasteiger partial charge in [0, 0.05) is 12.2 Å². The number of nitrogens with zero attached hydrogens (tertiary/aromatic N) is 2. The summed E-state index contributed by atoms with van der Waals surface area (Å²) < 4.78 is 1.75. The molecule has 0 fully saturated rings. The van der Waals surface area contributed by atoms with Gasteiger partial charge in [0.05, 0.1) is 25.0 Å². The summed E-state index contributed by atoms with van der Waals surface area (Å²) in [6.07, 6.45) is 4.84. The fourth-order valence-electron chi connectivity index (χ4n) is 1.62. The van der Waals surface area contributed by atoms with Gasteiger partial charge < -0.3 is 10.4 Å². The van der Waals surface area contributed by atoms with E-state index >= 15 is 0 Å². The van der Waals surface area contributed by atoms with Crippen molar-refractivity contribution in [3.05, 3.63) is 12.4 Å². The molecule has 0 aliphatic carbocycles.